The van der Waals surface area contributed by atoms with Crippen LogP contribution >= 0.6 is 27.7 Å². The molecule has 0 aliphatic carbocycles. The highest BCUT2D eigenvalue weighted by molar-refractivity contribution is 9.10. The summed E-state index contributed by atoms with van der Waals surface area (Å²) in [5, 5.41) is 11.7. The molecule has 7 heteroatoms. The highest BCUT2D eigenvalue weighted by Crippen LogP contribution is 2.29. The average molecular weight is 345 g/mol. The van der Waals surface area contributed by atoms with Crippen LogP contribution in [0.15, 0.2) is 28.7 Å². The standard InChI is InChI=1S/C12H13BrN2O3S/c1-7-15(10(6-19-7)11(16)17)12(18)14-9-4-2-3-8(13)5-9/h2-5,7,10H,6H2,1H3,(H,14,18)(H,16,17). The maximum Gasteiger partial charge on any atom is 0.327 e. The molecule has 1 aromatic carbocycles. The molecule has 0 saturated carbocycles. The van der Waals surface area contributed by atoms with Gasteiger partial charge in [-0.15, -0.1) is 11.8 Å². The lowest BCUT2D eigenvalue weighted by atomic mass is 10.3. The molecule has 2 unspecified atom stereocenters. The Hall–Kier alpha value is -1.21. The molecule has 2 N–H and O–H groups in total. The summed E-state index contributed by atoms with van der Waals surface area (Å²) in [6, 6.07) is 6.02. The summed E-state index contributed by atoms with van der Waals surface area (Å²) in [5.74, 6) is -0.552. The fraction of sp³-hybridized carbons (Fsp3) is 0.333. The zero-order chi connectivity index (χ0) is 14.0. The van der Waals surface area contributed by atoms with Gasteiger partial charge in [0.1, 0.15) is 6.04 Å². The molecule has 1 aliphatic rings. The lowest BCUT2D eigenvalue weighted by Gasteiger charge is -2.25. The quantitative estimate of drug-likeness (QED) is 0.865. The number of urea groups is 1. The van der Waals surface area contributed by atoms with E-state index in [0.717, 1.165) is 4.47 Å². The lowest BCUT2D eigenvalue weighted by Crippen LogP contribution is -2.46. The first kappa shape index (κ1) is 14.2. The van der Waals surface area contributed by atoms with Gasteiger partial charge < -0.3 is 10.4 Å². The Labute approximate surface area is 123 Å². The van der Waals surface area contributed by atoms with E-state index in [1.807, 2.05) is 13.0 Å². The Morgan fingerprint density at radius 2 is 2.26 bits per heavy atom. The van der Waals surface area contributed by atoms with Crippen molar-refractivity contribution < 1.29 is 14.7 Å². The predicted octanol–water partition coefficient (Wildman–Crippen LogP) is 2.83. The number of nitrogens with one attached hydrogen (secondary N) is 1. The smallest absolute Gasteiger partial charge is 0.327 e. The molecule has 1 heterocycles. The maximum absolute atomic E-state index is 12.2. The van der Waals surface area contributed by atoms with Crippen LogP contribution in [0.2, 0.25) is 0 Å². The first-order chi connectivity index (χ1) is 8.99. The fourth-order valence-corrected chi connectivity index (χ4v) is 3.46. The highest BCUT2D eigenvalue weighted by atomic mass is 79.9. The third-order valence-electron chi connectivity index (χ3n) is 2.82. The highest BCUT2D eigenvalue weighted by Gasteiger charge is 2.39. The molecule has 0 bridgehead atoms. The van der Waals surface area contributed by atoms with Crippen LogP contribution in [0, 0.1) is 0 Å². The van der Waals surface area contributed by atoms with E-state index in [0.29, 0.717) is 11.4 Å². The number of carboxylic acid groups (broad SMARTS) is 1. The Bertz CT molecular complexity index is 512. The molecule has 2 rings (SSSR count). The number of aliphatic carboxylic acids is 1. The van der Waals surface area contributed by atoms with Crippen LogP contribution in [-0.2, 0) is 4.79 Å². The average Bonchev–Trinajstić information content (AvgIpc) is 2.71. The third-order valence-corrected chi connectivity index (χ3v) is 4.53. The summed E-state index contributed by atoms with van der Waals surface area (Å²) in [7, 11) is 0. The Morgan fingerprint density at radius 3 is 2.89 bits per heavy atom. The van der Waals surface area contributed by atoms with E-state index in [2.05, 4.69) is 21.2 Å². The van der Waals surface area contributed by atoms with Crippen LogP contribution in [0.1, 0.15) is 6.92 Å². The van der Waals surface area contributed by atoms with Crippen molar-refractivity contribution in [1.29, 1.82) is 0 Å². The molecule has 0 radical (unpaired) electrons. The van der Waals surface area contributed by atoms with Crippen molar-refractivity contribution in [2.24, 2.45) is 0 Å². The number of rotatable bonds is 2. The van der Waals surface area contributed by atoms with E-state index in [9.17, 15) is 9.59 Å². The first-order valence-electron chi connectivity index (χ1n) is 5.68. The summed E-state index contributed by atoms with van der Waals surface area (Å²) in [6.45, 7) is 1.83. The van der Waals surface area contributed by atoms with Crippen molar-refractivity contribution in [2.75, 3.05) is 11.1 Å². The van der Waals surface area contributed by atoms with Gasteiger partial charge in [0.2, 0.25) is 0 Å². The normalized spacial score (nSPS) is 22.3. The van der Waals surface area contributed by atoms with Crippen LogP contribution in [0.4, 0.5) is 10.5 Å². The number of thioether (sulfide) groups is 1. The number of nitrogens with zero attached hydrogens (tertiary/aromatic N) is 1. The molecule has 5 nitrogen and oxygen atoms in total. The van der Waals surface area contributed by atoms with E-state index >= 15 is 0 Å². The minimum atomic E-state index is -0.971. The largest absolute Gasteiger partial charge is 0.480 e. The molecule has 102 valence electrons. The monoisotopic (exact) mass is 344 g/mol. The van der Waals surface area contributed by atoms with Gasteiger partial charge >= 0.3 is 12.0 Å². The topological polar surface area (TPSA) is 69.6 Å². The molecular formula is C12H13BrN2O3S. The Morgan fingerprint density at radius 1 is 1.53 bits per heavy atom. The van der Waals surface area contributed by atoms with Crippen molar-refractivity contribution >= 4 is 45.4 Å². The number of benzene rings is 1. The van der Waals surface area contributed by atoms with Crippen molar-refractivity contribution in [3.63, 3.8) is 0 Å². The Balaban J connectivity index is 2.12. The van der Waals surface area contributed by atoms with E-state index in [1.165, 1.54) is 16.7 Å². The van der Waals surface area contributed by atoms with Crippen LogP contribution in [-0.4, -0.2) is 39.2 Å². The number of hydrogen-bond acceptors (Lipinski definition) is 3. The Kier molecular flexibility index (Phi) is 4.36. The van der Waals surface area contributed by atoms with E-state index < -0.39 is 12.0 Å². The molecule has 1 aromatic rings. The van der Waals surface area contributed by atoms with Gasteiger partial charge in [-0.25, -0.2) is 9.59 Å². The molecule has 19 heavy (non-hydrogen) atoms. The predicted molar refractivity (Wildman–Crippen MR) is 78.3 cm³/mol. The number of halogens is 1. The summed E-state index contributed by atoms with van der Waals surface area (Å²) in [5.41, 5.74) is 0.632. The van der Waals surface area contributed by atoms with Crippen LogP contribution in [0.3, 0.4) is 0 Å². The summed E-state index contributed by atoms with van der Waals surface area (Å²) >= 11 is 4.78. The molecule has 2 amide bonds. The summed E-state index contributed by atoms with van der Waals surface area (Å²) in [4.78, 5) is 24.7. The zero-order valence-electron chi connectivity index (χ0n) is 10.2. The lowest BCUT2D eigenvalue weighted by molar-refractivity contribution is -0.141. The summed E-state index contributed by atoms with van der Waals surface area (Å²) < 4.78 is 0.851. The summed E-state index contributed by atoms with van der Waals surface area (Å²) in [6.07, 6.45) is 0. The second-order valence-electron chi connectivity index (χ2n) is 4.13. The van der Waals surface area contributed by atoms with Crippen molar-refractivity contribution in [3.8, 4) is 0 Å². The van der Waals surface area contributed by atoms with Crippen LogP contribution in [0.5, 0.6) is 0 Å². The second kappa shape index (κ2) is 5.83. The van der Waals surface area contributed by atoms with Crippen LogP contribution in [0.25, 0.3) is 0 Å². The maximum atomic E-state index is 12.2. The molecule has 1 saturated heterocycles. The van der Waals surface area contributed by atoms with E-state index in [4.69, 9.17) is 5.11 Å². The second-order valence-corrected chi connectivity index (χ2v) is 6.40. The van der Waals surface area contributed by atoms with E-state index in [-0.39, 0.29) is 11.4 Å². The van der Waals surface area contributed by atoms with Gasteiger partial charge in [0.15, 0.2) is 0 Å². The number of carbonyl (C=O) groups excluding carboxylic acids is 1. The third kappa shape index (κ3) is 3.22. The fourth-order valence-electron chi connectivity index (χ4n) is 1.90. The van der Waals surface area contributed by atoms with Gasteiger partial charge in [-0.2, -0.15) is 0 Å². The SMILES string of the molecule is CC1SCC(C(=O)O)N1C(=O)Nc1cccc(Br)c1. The van der Waals surface area contributed by atoms with E-state index in [1.54, 1.807) is 18.2 Å². The first-order valence-corrected chi connectivity index (χ1v) is 7.52. The van der Waals surface area contributed by atoms with Gasteiger partial charge in [-0.1, -0.05) is 22.0 Å². The molecular weight excluding hydrogens is 332 g/mol. The minimum absolute atomic E-state index is 0.145. The van der Waals surface area contributed by atoms with Gasteiger partial charge in [-0.3, -0.25) is 4.90 Å². The number of amides is 2. The number of carboxylic acids is 1. The molecule has 1 aliphatic heterocycles. The minimum Gasteiger partial charge on any atom is -0.480 e. The molecule has 0 spiro atoms. The molecule has 0 aromatic heterocycles. The van der Waals surface area contributed by atoms with Crippen LogP contribution < -0.4 is 5.32 Å². The number of hydrogen-bond donors (Lipinski definition) is 2. The van der Waals surface area contributed by atoms with Gasteiger partial charge in [0.25, 0.3) is 0 Å². The van der Waals surface area contributed by atoms with Crippen molar-refractivity contribution in [2.45, 2.75) is 18.3 Å². The van der Waals surface area contributed by atoms with Crippen molar-refractivity contribution in [3.05, 3.63) is 28.7 Å². The van der Waals surface area contributed by atoms with Crippen molar-refractivity contribution in [1.82, 2.24) is 4.90 Å². The van der Waals surface area contributed by atoms with Gasteiger partial charge in [0, 0.05) is 15.9 Å². The van der Waals surface area contributed by atoms with Gasteiger partial charge in [0.05, 0.1) is 5.37 Å². The van der Waals surface area contributed by atoms with Gasteiger partial charge in [-0.05, 0) is 25.1 Å². The number of anilines is 1. The number of carbonyl (C=O) groups is 2. The molecule has 1 fully saturated rings. The zero-order valence-corrected chi connectivity index (χ0v) is 12.6. The molecule has 2 atom stereocenters.